The smallest absolute Gasteiger partial charge is 0.354 e. The van der Waals surface area contributed by atoms with E-state index in [9.17, 15) is 29.7 Å². The van der Waals surface area contributed by atoms with Crippen molar-refractivity contribution in [3.05, 3.63) is 33.6 Å². The Balaban J connectivity index is 2.64. The highest BCUT2D eigenvalue weighted by Crippen LogP contribution is 2.42. The second kappa shape index (κ2) is 5.74. The maximum absolute atomic E-state index is 11.7. The molecule has 128 valence electrons. The summed E-state index contributed by atoms with van der Waals surface area (Å²) in [5, 5.41) is 28.3. The molecule has 0 spiro atoms. The van der Waals surface area contributed by atoms with Crippen molar-refractivity contribution in [3.8, 4) is 5.75 Å². The Labute approximate surface area is 147 Å². The minimum Gasteiger partial charge on any atom is -0.493 e. The molecule has 2 heterocycles. The van der Waals surface area contributed by atoms with E-state index in [0.717, 1.165) is 6.07 Å². The van der Waals surface area contributed by atoms with Gasteiger partial charge in [0.1, 0.15) is 16.9 Å². The van der Waals surface area contributed by atoms with E-state index < -0.39 is 23.6 Å². The highest BCUT2D eigenvalue weighted by atomic mass is 79.9. The zero-order valence-electron chi connectivity index (χ0n) is 12.5. The molecule has 0 saturated heterocycles. The maximum atomic E-state index is 11.7. The van der Waals surface area contributed by atoms with Gasteiger partial charge in [-0.15, -0.1) is 0 Å². The summed E-state index contributed by atoms with van der Waals surface area (Å²) in [4.78, 5) is 40.8. The molecule has 0 aliphatic rings. The molecule has 0 unspecified atom stereocenters. The van der Waals surface area contributed by atoms with Crippen molar-refractivity contribution in [2.45, 2.75) is 0 Å². The van der Waals surface area contributed by atoms with E-state index in [4.69, 9.17) is 4.74 Å². The highest BCUT2D eigenvalue weighted by Gasteiger charge is 2.25. The van der Waals surface area contributed by atoms with Crippen molar-refractivity contribution in [2.75, 3.05) is 7.11 Å². The summed E-state index contributed by atoms with van der Waals surface area (Å²) in [5.41, 5.74) is -0.791. The number of carbonyl (C=O) groups is 3. The molecule has 0 radical (unpaired) electrons. The first-order valence-electron chi connectivity index (χ1n) is 6.69. The monoisotopic (exact) mass is 408 g/mol. The second-order valence-electron chi connectivity index (χ2n) is 5.01. The van der Waals surface area contributed by atoms with Crippen molar-refractivity contribution in [1.29, 1.82) is 0 Å². The molecule has 3 rings (SSSR count). The SMILES string of the molecule is COc1c(Br)c2cc(C(=O)O)[nH]c2c2c(C(=O)O)cc(C(=O)O)nc12. The van der Waals surface area contributed by atoms with E-state index >= 15 is 0 Å². The lowest BCUT2D eigenvalue weighted by atomic mass is 10.0. The largest absolute Gasteiger partial charge is 0.493 e. The molecule has 10 heteroatoms. The Morgan fingerprint density at radius 2 is 1.80 bits per heavy atom. The third-order valence-corrected chi connectivity index (χ3v) is 4.41. The van der Waals surface area contributed by atoms with Crippen molar-refractivity contribution in [1.82, 2.24) is 9.97 Å². The summed E-state index contributed by atoms with van der Waals surface area (Å²) in [6.07, 6.45) is 0. The zero-order valence-corrected chi connectivity index (χ0v) is 14.0. The Bertz CT molecular complexity index is 1090. The number of ether oxygens (including phenoxy) is 1. The average molecular weight is 409 g/mol. The molecule has 1 aromatic carbocycles. The second-order valence-corrected chi connectivity index (χ2v) is 5.81. The molecule has 0 saturated carbocycles. The summed E-state index contributed by atoms with van der Waals surface area (Å²) in [6.45, 7) is 0. The van der Waals surface area contributed by atoms with Crippen molar-refractivity contribution < 1.29 is 34.4 Å². The first-order valence-corrected chi connectivity index (χ1v) is 7.48. The minimum absolute atomic E-state index is 0.0158. The molecule has 0 aliphatic heterocycles. The Hall–Kier alpha value is -3.14. The number of fused-ring (bicyclic) bond motifs is 3. The van der Waals surface area contributed by atoms with Gasteiger partial charge in [0.25, 0.3) is 0 Å². The zero-order chi connectivity index (χ0) is 18.5. The average Bonchev–Trinajstić information content (AvgIpc) is 2.99. The summed E-state index contributed by atoms with van der Waals surface area (Å²) in [7, 11) is 1.31. The number of nitrogens with one attached hydrogen (secondary N) is 1. The topological polar surface area (TPSA) is 150 Å². The number of H-pyrrole nitrogens is 1. The molecule has 2 aromatic heterocycles. The third-order valence-electron chi connectivity index (χ3n) is 3.62. The standard InChI is InChI=1S/C15H9BrN2O7/c1-25-12-9(16)5-3-7(15(23)24)17-10(5)8-4(13(19)20)2-6(14(21)22)18-11(8)12/h2-3,17H,1H3,(H,19,20)(H,21,22)(H,23,24). The van der Waals surface area contributed by atoms with Crippen LogP contribution in [0.2, 0.25) is 0 Å². The van der Waals surface area contributed by atoms with E-state index in [-0.39, 0.29) is 33.4 Å². The van der Waals surface area contributed by atoms with Gasteiger partial charge >= 0.3 is 17.9 Å². The predicted molar refractivity (Wildman–Crippen MR) is 88.7 cm³/mol. The van der Waals surface area contributed by atoms with Crippen LogP contribution in [0.15, 0.2) is 16.6 Å². The van der Waals surface area contributed by atoms with E-state index in [1.165, 1.54) is 13.2 Å². The Morgan fingerprint density at radius 1 is 1.12 bits per heavy atom. The van der Waals surface area contributed by atoms with Gasteiger partial charge in [0, 0.05) is 10.8 Å². The number of aromatic amines is 1. The predicted octanol–water partition coefficient (Wildman–Crippen LogP) is 2.58. The Kier molecular flexibility index (Phi) is 3.84. The van der Waals surface area contributed by atoms with E-state index in [1.54, 1.807) is 0 Å². The number of hydrogen-bond acceptors (Lipinski definition) is 5. The molecule has 0 fully saturated rings. The van der Waals surface area contributed by atoms with Crippen LogP contribution in [0.4, 0.5) is 0 Å². The van der Waals surface area contributed by atoms with Gasteiger partial charge in [-0.25, -0.2) is 19.4 Å². The van der Waals surface area contributed by atoms with Crippen LogP contribution in [0.3, 0.4) is 0 Å². The van der Waals surface area contributed by atoms with Gasteiger partial charge in [-0.3, -0.25) is 0 Å². The maximum Gasteiger partial charge on any atom is 0.354 e. The molecule has 0 amide bonds. The number of halogens is 1. The first-order chi connectivity index (χ1) is 11.8. The lowest BCUT2D eigenvalue weighted by Crippen LogP contribution is -2.07. The van der Waals surface area contributed by atoms with Gasteiger partial charge in [-0.2, -0.15) is 0 Å². The molecule has 0 bridgehead atoms. The van der Waals surface area contributed by atoms with E-state index in [1.807, 2.05) is 0 Å². The van der Waals surface area contributed by atoms with Crippen LogP contribution in [-0.4, -0.2) is 50.3 Å². The lowest BCUT2D eigenvalue weighted by molar-refractivity contribution is 0.0678. The summed E-state index contributed by atoms with van der Waals surface area (Å²) < 4.78 is 5.58. The number of hydrogen-bond donors (Lipinski definition) is 4. The van der Waals surface area contributed by atoms with Crippen molar-refractivity contribution in [2.24, 2.45) is 0 Å². The summed E-state index contributed by atoms with van der Waals surface area (Å²) in [6, 6.07) is 2.24. The fourth-order valence-corrected chi connectivity index (χ4v) is 3.26. The van der Waals surface area contributed by atoms with Crippen molar-refractivity contribution in [3.63, 3.8) is 0 Å². The number of methoxy groups -OCH3 is 1. The Morgan fingerprint density at radius 3 is 2.32 bits per heavy atom. The number of nitrogens with zero attached hydrogens (tertiary/aromatic N) is 1. The van der Waals surface area contributed by atoms with Gasteiger partial charge in [0.2, 0.25) is 0 Å². The minimum atomic E-state index is -1.40. The van der Waals surface area contributed by atoms with E-state index in [0.29, 0.717) is 9.86 Å². The molecule has 9 nitrogen and oxygen atoms in total. The van der Waals surface area contributed by atoms with Crippen LogP contribution in [0.5, 0.6) is 5.75 Å². The number of carboxylic acid groups (broad SMARTS) is 3. The molecule has 0 atom stereocenters. The molecular weight excluding hydrogens is 400 g/mol. The summed E-state index contributed by atoms with van der Waals surface area (Å²) in [5.74, 6) is -3.92. The van der Waals surface area contributed by atoms with Crippen LogP contribution in [-0.2, 0) is 0 Å². The van der Waals surface area contributed by atoms with Crippen LogP contribution in [0, 0.1) is 0 Å². The van der Waals surface area contributed by atoms with Gasteiger partial charge in [-0.1, -0.05) is 0 Å². The molecule has 25 heavy (non-hydrogen) atoms. The fourth-order valence-electron chi connectivity index (χ4n) is 2.59. The molecule has 0 aliphatic carbocycles. The van der Waals surface area contributed by atoms with Crippen LogP contribution in [0.1, 0.15) is 31.3 Å². The number of benzene rings is 1. The van der Waals surface area contributed by atoms with E-state index in [2.05, 4.69) is 25.9 Å². The van der Waals surface area contributed by atoms with Gasteiger partial charge in [0.15, 0.2) is 5.75 Å². The van der Waals surface area contributed by atoms with Crippen LogP contribution < -0.4 is 4.74 Å². The number of aromatic nitrogens is 2. The van der Waals surface area contributed by atoms with Gasteiger partial charge in [0.05, 0.1) is 22.7 Å². The quantitative estimate of drug-likeness (QED) is 0.514. The normalized spacial score (nSPS) is 11.0. The van der Waals surface area contributed by atoms with Gasteiger partial charge in [-0.05, 0) is 28.1 Å². The first kappa shape index (κ1) is 16.7. The summed E-state index contributed by atoms with van der Waals surface area (Å²) >= 11 is 3.28. The molecular formula is C15H9BrN2O7. The van der Waals surface area contributed by atoms with Crippen molar-refractivity contribution >= 4 is 55.6 Å². The highest BCUT2D eigenvalue weighted by molar-refractivity contribution is 9.10. The number of rotatable bonds is 4. The molecule has 4 N–H and O–H groups in total. The van der Waals surface area contributed by atoms with Crippen LogP contribution in [0.25, 0.3) is 21.8 Å². The van der Waals surface area contributed by atoms with Crippen LogP contribution >= 0.6 is 15.9 Å². The molecule has 3 aromatic rings. The number of pyridine rings is 1. The third kappa shape index (κ3) is 2.47. The van der Waals surface area contributed by atoms with Gasteiger partial charge < -0.3 is 25.0 Å². The fraction of sp³-hybridized carbons (Fsp3) is 0.0667. The number of carboxylic acids is 3. The lowest BCUT2D eigenvalue weighted by Gasteiger charge is -2.12. The number of aromatic carboxylic acids is 3.